The first-order valence-corrected chi connectivity index (χ1v) is 7.51. The Labute approximate surface area is 133 Å². The van der Waals surface area contributed by atoms with Gasteiger partial charge in [-0.2, -0.15) is 0 Å². The smallest absolute Gasteiger partial charge is 0.317 e. The zero-order chi connectivity index (χ0) is 17.1. The third kappa shape index (κ3) is 3.97. The van der Waals surface area contributed by atoms with Crippen LogP contribution in [0.4, 0.5) is 13.6 Å². The first kappa shape index (κ1) is 17.2. The van der Waals surface area contributed by atoms with Crippen LogP contribution in [0.5, 0.6) is 0 Å². The van der Waals surface area contributed by atoms with Gasteiger partial charge < -0.3 is 15.3 Å². The van der Waals surface area contributed by atoms with E-state index in [4.69, 9.17) is 5.11 Å². The van der Waals surface area contributed by atoms with E-state index in [1.807, 2.05) is 6.92 Å². The average Bonchev–Trinajstić information content (AvgIpc) is 2.49. The van der Waals surface area contributed by atoms with Gasteiger partial charge in [0, 0.05) is 18.7 Å². The van der Waals surface area contributed by atoms with Crippen LogP contribution in [-0.4, -0.2) is 35.1 Å². The minimum Gasteiger partial charge on any atom is -0.481 e. The number of urea groups is 1. The number of benzene rings is 1. The molecule has 2 rings (SSSR count). The Bertz CT molecular complexity index is 609. The summed E-state index contributed by atoms with van der Waals surface area (Å²) in [4.78, 5) is 24.9. The number of nitrogens with zero attached hydrogens (tertiary/aromatic N) is 1. The molecule has 0 spiro atoms. The Morgan fingerprint density at radius 3 is 2.70 bits per heavy atom. The van der Waals surface area contributed by atoms with Crippen LogP contribution in [0.2, 0.25) is 0 Å². The summed E-state index contributed by atoms with van der Waals surface area (Å²) < 4.78 is 27.0. The van der Waals surface area contributed by atoms with Crippen molar-refractivity contribution in [2.75, 3.05) is 13.1 Å². The van der Waals surface area contributed by atoms with E-state index >= 15 is 0 Å². The molecule has 0 aliphatic carbocycles. The molecule has 3 unspecified atom stereocenters. The maximum atomic E-state index is 13.8. The van der Waals surface area contributed by atoms with Gasteiger partial charge in [0.25, 0.3) is 0 Å². The molecule has 0 radical (unpaired) electrons. The second-order valence-electron chi connectivity index (χ2n) is 6.10. The van der Waals surface area contributed by atoms with Crippen LogP contribution in [-0.2, 0) is 4.79 Å². The van der Waals surface area contributed by atoms with E-state index in [-0.39, 0.29) is 18.0 Å². The molecular weight excluding hydrogens is 306 g/mol. The van der Waals surface area contributed by atoms with Crippen molar-refractivity contribution in [3.05, 3.63) is 35.4 Å². The fraction of sp³-hybridized carbons (Fsp3) is 0.500. The fourth-order valence-corrected chi connectivity index (χ4v) is 2.91. The molecule has 1 fully saturated rings. The maximum absolute atomic E-state index is 13.8. The van der Waals surface area contributed by atoms with Crippen LogP contribution >= 0.6 is 0 Å². The van der Waals surface area contributed by atoms with Gasteiger partial charge in [-0.15, -0.1) is 0 Å². The van der Waals surface area contributed by atoms with Crippen molar-refractivity contribution < 1.29 is 23.5 Å². The number of nitrogens with one attached hydrogen (secondary N) is 1. The SMILES string of the molecule is CC1CC(C(=O)O)CN(C(=O)NC(C)c2cccc(F)c2F)C1. The first-order chi connectivity index (χ1) is 10.8. The Balaban J connectivity index is 2.06. The zero-order valence-electron chi connectivity index (χ0n) is 13.1. The van der Waals surface area contributed by atoms with Gasteiger partial charge in [0.1, 0.15) is 0 Å². The van der Waals surface area contributed by atoms with E-state index in [2.05, 4.69) is 5.32 Å². The van der Waals surface area contributed by atoms with Crippen molar-refractivity contribution in [3.8, 4) is 0 Å². The number of hydrogen-bond acceptors (Lipinski definition) is 2. The summed E-state index contributed by atoms with van der Waals surface area (Å²) >= 11 is 0. The minimum absolute atomic E-state index is 0.0539. The number of carbonyl (C=O) groups is 2. The lowest BCUT2D eigenvalue weighted by Gasteiger charge is -2.35. The molecule has 1 aliphatic heterocycles. The molecule has 0 saturated carbocycles. The number of halogens is 2. The van der Waals surface area contributed by atoms with E-state index in [0.29, 0.717) is 13.0 Å². The van der Waals surface area contributed by atoms with Gasteiger partial charge >= 0.3 is 12.0 Å². The lowest BCUT2D eigenvalue weighted by atomic mass is 9.91. The highest BCUT2D eigenvalue weighted by Crippen LogP contribution is 2.23. The predicted molar refractivity (Wildman–Crippen MR) is 79.8 cm³/mol. The van der Waals surface area contributed by atoms with E-state index in [1.54, 1.807) is 6.92 Å². The fourth-order valence-electron chi connectivity index (χ4n) is 2.91. The van der Waals surface area contributed by atoms with Gasteiger partial charge in [-0.05, 0) is 25.3 Å². The van der Waals surface area contributed by atoms with Crippen LogP contribution in [0, 0.1) is 23.5 Å². The second kappa shape index (κ2) is 6.93. The number of carbonyl (C=O) groups excluding carboxylic acids is 1. The summed E-state index contributed by atoms with van der Waals surface area (Å²) in [5.41, 5.74) is 0.0539. The number of rotatable bonds is 3. The molecule has 2 amide bonds. The molecule has 1 aliphatic rings. The summed E-state index contributed by atoms with van der Waals surface area (Å²) in [6.07, 6.45) is 0.521. The molecule has 0 aromatic heterocycles. The minimum atomic E-state index is -0.990. The van der Waals surface area contributed by atoms with Crippen molar-refractivity contribution in [2.45, 2.75) is 26.3 Å². The zero-order valence-corrected chi connectivity index (χ0v) is 13.1. The molecule has 1 saturated heterocycles. The molecule has 1 heterocycles. The van der Waals surface area contributed by atoms with E-state index in [1.165, 1.54) is 17.0 Å². The first-order valence-electron chi connectivity index (χ1n) is 7.51. The molecule has 2 N–H and O–H groups in total. The van der Waals surface area contributed by atoms with Crippen molar-refractivity contribution >= 4 is 12.0 Å². The maximum Gasteiger partial charge on any atom is 0.317 e. The van der Waals surface area contributed by atoms with Crippen LogP contribution in [0.25, 0.3) is 0 Å². The Kier molecular flexibility index (Phi) is 5.18. The second-order valence-corrected chi connectivity index (χ2v) is 6.10. The van der Waals surface area contributed by atoms with Gasteiger partial charge in [-0.3, -0.25) is 4.79 Å². The number of amides is 2. The van der Waals surface area contributed by atoms with Crippen LogP contribution in [0.15, 0.2) is 18.2 Å². The third-order valence-corrected chi connectivity index (χ3v) is 4.08. The number of carboxylic acid groups (broad SMARTS) is 1. The van der Waals surface area contributed by atoms with Gasteiger partial charge in [-0.1, -0.05) is 19.1 Å². The topological polar surface area (TPSA) is 69.6 Å². The van der Waals surface area contributed by atoms with Crippen LogP contribution < -0.4 is 5.32 Å². The van der Waals surface area contributed by atoms with E-state index in [9.17, 15) is 18.4 Å². The lowest BCUT2D eigenvalue weighted by Crippen LogP contribution is -2.50. The summed E-state index contributed by atoms with van der Waals surface area (Å²) in [5.74, 6) is -3.43. The van der Waals surface area contributed by atoms with Crippen molar-refractivity contribution in [1.29, 1.82) is 0 Å². The largest absolute Gasteiger partial charge is 0.481 e. The van der Waals surface area contributed by atoms with Gasteiger partial charge in [-0.25, -0.2) is 13.6 Å². The predicted octanol–water partition coefficient (Wildman–Crippen LogP) is 2.78. The van der Waals surface area contributed by atoms with E-state index < -0.39 is 35.6 Å². The highest BCUT2D eigenvalue weighted by molar-refractivity contribution is 5.77. The molecule has 5 nitrogen and oxygen atoms in total. The Hall–Kier alpha value is -2.18. The van der Waals surface area contributed by atoms with Gasteiger partial charge in [0.2, 0.25) is 0 Å². The molecule has 7 heteroatoms. The number of likely N-dealkylation sites (tertiary alicyclic amines) is 1. The van der Waals surface area contributed by atoms with Crippen molar-refractivity contribution in [3.63, 3.8) is 0 Å². The van der Waals surface area contributed by atoms with Crippen LogP contribution in [0.3, 0.4) is 0 Å². The molecular formula is C16H20F2N2O3. The molecule has 0 bridgehead atoms. The molecule has 126 valence electrons. The monoisotopic (exact) mass is 326 g/mol. The summed E-state index contributed by atoms with van der Waals surface area (Å²) in [5, 5.41) is 11.7. The van der Waals surface area contributed by atoms with Crippen molar-refractivity contribution in [1.82, 2.24) is 10.2 Å². The van der Waals surface area contributed by atoms with Gasteiger partial charge in [0.15, 0.2) is 11.6 Å². The quantitative estimate of drug-likeness (QED) is 0.897. The normalized spacial score (nSPS) is 22.5. The lowest BCUT2D eigenvalue weighted by molar-refractivity contribution is -0.143. The van der Waals surface area contributed by atoms with Crippen LogP contribution in [0.1, 0.15) is 31.9 Å². The highest BCUT2D eigenvalue weighted by atomic mass is 19.2. The third-order valence-electron chi connectivity index (χ3n) is 4.08. The van der Waals surface area contributed by atoms with Gasteiger partial charge in [0.05, 0.1) is 12.0 Å². The number of hydrogen-bond donors (Lipinski definition) is 2. The van der Waals surface area contributed by atoms with E-state index in [0.717, 1.165) is 6.07 Å². The number of aliphatic carboxylic acids is 1. The highest BCUT2D eigenvalue weighted by Gasteiger charge is 2.32. The van der Waals surface area contributed by atoms with Crippen molar-refractivity contribution in [2.24, 2.45) is 11.8 Å². The summed E-state index contributed by atoms with van der Waals surface area (Å²) in [7, 11) is 0. The summed E-state index contributed by atoms with van der Waals surface area (Å²) in [6.45, 7) is 3.99. The Morgan fingerprint density at radius 2 is 2.04 bits per heavy atom. The number of piperidine rings is 1. The standard InChI is InChI=1S/C16H20F2N2O3/c1-9-6-11(15(21)22)8-20(7-9)16(23)19-10(2)12-4-3-5-13(17)14(12)18/h3-5,9-11H,6-8H2,1-2H3,(H,19,23)(H,21,22). The summed E-state index contributed by atoms with van der Waals surface area (Å²) in [6, 6.07) is 2.59. The molecule has 1 aromatic rings. The molecule has 23 heavy (non-hydrogen) atoms. The average molecular weight is 326 g/mol. The Morgan fingerprint density at radius 1 is 1.35 bits per heavy atom. The molecule has 3 atom stereocenters. The number of carboxylic acids is 1. The molecule has 1 aromatic carbocycles.